The summed E-state index contributed by atoms with van der Waals surface area (Å²) in [6.45, 7) is 33.0. The van der Waals surface area contributed by atoms with Gasteiger partial charge in [0.25, 0.3) is 33.4 Å². The van der Waals surface area contributed by atoms with Crippen LogP contribution in [0.4, 0.5) is 51.6 Å². The molecular weight excluding hydrogens is 1940 g/mol. The minimum Gasteiger partial charge on any atom is -0.392 e. The van der Waals surface area contributed by atoms with E-state index in [1.165, 1.54) is 50.0 Å². The van der Waals surface area contributed by atoms with Crippen LogP contribution >= 0.6 is 54.0 Å². The van der Waals surface area contributed by atoms with E-state index in [9.17, 15) is 44.1 Å². The molecule has 147 heavy (non-hydrogen) atoms. The topological polar surface area (TPSA) is 370 Å². The number of hydrogen-bond donors (Lipinski definition) is 7. The molecule has 4 fully saturated rings. The van der Waals surface area contributed by atoms with E-state index in [0.717, 1.165) is 119 Å². The Hall–Kier alpha value is -12.9. The van der Waals surface area contributed by atoms with E-state index >= 15 is 0 Å². The molecule has 35 nitrogen and oxygen atoms in total. The van der Waals surface area contributed by atoms with Crippen molar-refractivity contribution in [2.24, 2.45) is 37.4 Å². The van der Waals surface area contributed by atoms with Crippen molar-refractivity contribution in [3.05, 3.63) is 290 Å². The van der Waals surface area contributed by atoms with Crippen molar-refractivity contribution in [3.63, 3.8) is 0 Å². The highest BCUT2D eigenvalue weighted by Gasteiger charge is 2.40. The van der Waals surface area contributed by atoms with Gasteiger partial charge in [-0.1, -0.05) is 41.5 Å². The van der Waals surface area contributed by atoms with Crippen molar-refractivity contribution < 1.29 is 20.1 Å². The Morgan fingerprint density at radius 3 is 1.08 bits per heavy atom. The second kappa shape index (κ2) is 42.4. The number of likely N-dealkylation sites (N-methyl/N-ethyl adjacent to an activating group) is 1. The van der Waals surface area contributed by atoms with Crippen molar-refractivity contribution in [3.8, 4) is 50.8 Å². The summed E-state index contributed by atoms with van der Waals surface area (Å²) in [7, 11) is 7.20. The summed E-state index contributed by atoms with van der Waals surface area (Å²) in [5.41, 5.74) is 17.4. The third-order valence-electron chi connectivity index (χ3n) is 29.6. The molecule has 6 atom stereocenters. The number of aryl methyl sites for hydroxylation is 3. The fraction of sp³-hybridized carbons (Fsp3) is 0.398. The summed E-state index contributed by atoms with van der Waals surface area (Å²) in [5, 5.41) is 49.5. The molecule has 0 unspecified atom stereocenters. The predicted molar refractivity (Wildman–Crippen MR) is 598 cm³/mol. The molecule has 0 amide bonds. The number of fused-ring (bicyclic) bond motifs is 9. The van der Waals surface area contributed by atoms with E-state index in [-0.39, 0.29) is 123 Å². The van der Waals surface area contributed by atoms with Crippen LogP contribution in [0.2, 0.25) is 0 Å². The van der Waals surface area contributed by atoms with Gasteiger partial charge in [0, 0.05) is 209 Å². The Balaban J connectivity index is 0.000000156. The molecule has 7 N–H and O–H groups in total. The SMILES string of the molecule is C[C@H]1CN(C)C[C@H](C)N1c1ccc(Nc2cc(-c3ccnc(-n4ccn5c6c(cc5c4=O)CC(C)(C)C6)c3CO)cn(C)c2=O)nc1.C[C@H]1CN(C2COC2)C[C@H](C)N1c1ccc(Nc2cc(-c3ccnc(-n4ncn5c6c(cc5c4=O)CC(C)(C)C6)c3CO)cn(C)c2=O)nc1.C[C@H]1CNC[C@H](C)N1c1ccc(Nc2cc(-c3ccnc(-n4ccn5c6c(cc5c4=O)CC(C)(C)C6)c3CO)cn(C)c2=O)nc1.S.S.S.S. The number of rotatable bonds is 19. The quantitative estimate of drug-likeness (QED) is 0.0395. The van der Waals surface area contributed by atoms with E-state index in [4.69, 9.17) is 4.74 Å². The Bertz CT molecular complexity index is 7850. The normalized spacial score (nSPS) is 19.2. The van der Waals surface area contributed by atoms with E-state index in [1.807, 2.05) is 98.8 Å². The minimum atomic E-state index is -0.391. The summed E-state index contributed by atoms with van der Waals surface area (Å²) >= 11 is 0. The van der Waals surface area contributed by atoms with E-state index in [0.29, 0.717) is 155 Å². The first-order valence-electron chi connectivity index (χ1n) is 49.3. The number of piperazine rings is 3. The molecule has 22 rings (SSSR count). The molecule has 3 aliphatic carbocycles. The molecule has 774 valence electrons. The smallest absolute Gasteiger partial charge is 0.297 e. The number of pyridine rings is 9. The van der Waals surface area contributed by atoms with Crippen LogP contribution in [0.1, 0.15) is 134 Å². The van der Waals surface area contributed by atoms with Crippen molar-refractivity contribution in [1.82, 2.24) is 90.8 Å². The van der Waals surface area contributed by atoms with Gasteiger partial charge >= 0.3 is 0 Å². The van der Waals surface area contributed by atoms with Gasteiger partial charge in [0.1, 0.15) is 69.0 Å². The number of nitrogens with zero attached hydrogens (tertiary/aromatic N) is 21. The highest BCUT2D eigenvalue weighted by atomic mass is 32.1. The Morgan fingerprint density at radius 1 is 0.395 bits per heavy atom. The molecule has 4 aliphatic heterocycles. The molecule has 0 aromatic carbocycles. The monoisotopic (exact) mass is 2070 g/mol. The first-order valence-corrected chi connectivity index (χ1v) is 49.3. The van der Waals surface area contributed by atoms with Crippen molar-refractivity contribution >= 4 is 122 Å². The molecule has 15 aromatic heterocycles. The molecule has 4 saturated heterocycles. The number of hydrogen-bond acceptors (Lipinski definition) is 26. The number of aromatic nitrogens is 16. The van der Waals surface area contributed by atoms with Crippen LogP contribution in [-0.4, -0.2) is 203 Å². The van der Waals surface area contributed by atoms with Crippen molar-refractivity contribution in [1.29, 1.82) is 0 Å². The molecule has 15 aromatic rings. The number of aliphatic hydroxyl groups is 3. The minimum absolute atomic E-state index is 0. The maximum absolute atomic E-state index is 13.8. The molecular formula is C108H133N25O10S4. The van der Waals surface area contributed by atoms with Crippen LogP contribution in [0.5, 0.6) is 0 Å². The second-order valence-electron chi connectivity index (χ2n) is 42.5. The standard InChI is InChI=1S/C37H43N9O4.C36H42N8O3.C35H40N8O3.4H2S/c1-22-15-43(27-19-50-20-27)16-23(2)45(22)26-6-7-33(39-14-26)41-30-10-25(17-42(5)35(30)48)28-8-9-38-34(29(28)18-47)46-36(49)31-11-24-12-37(3,4)13-32(24)44(31)21-40-46;1-22-18-40(5)19-23(2)44(22)26-7-8-32(38-17-26)39-29-13-25(20-41(6)34(29)46)27-9-10-37-33(28(27)21-45)43-12-11-42-30(35(43)47)14-24-15-36(3,4)16-31(24)42;1-21-16-36-17-22(2)43(21)25-6-7-31(38-18-25)39-28-12-24(19-40(5)33(28)45)26-8-9-37-32(27(26)20-44)42-11-10-41-29(34(42)46)13-23-14-35(3,4)15-30(23)41;;;;/h6-11,14,17,21-23,27,47H,12-13,15-16,18-20H2,1-5H3,(H,39,41);7-14,17,20,22-23,45H,15-16,18-19,21H2,1-6H3,(H,38,39);6-13,18-19,21-22,36,44H,14-17,20H2,1-5H3,(H,38,39);4*1H2/t2*22-,23-;21-,22-;;;;/m000..../s1. The largest absolute Gasteiger partial charge is 0.392 e. The molecule has 0 radical (unpaired) electrons. The third kappa shape index (κ3) is 20.5. The lowest BCUT2D eigenvalue weighted by Crippen LogP contribution is -2.62. The van der Waals surface area contributed by atoms with Gasteiger partial charge in [0.15, 0.2) is 5.82 Å². The highest BCUT2D eigenvalue weighted by molar-refractivity contribution is 7.59. The zero-order chi connectivity index (χ0) is 100. The second-order valence-corrected chi connectivity index (χ2v) is 42.5. The Labute approximate surface area is 879 Å². The van der Waals surface area contributed by atoms with Crippen LogP contribution in [0.3, 0.4) is 0 Å². The average Bonchev–Trinajstić information content (AvgIpc) is 1.60. The fourth-order valence-electron chi connectivity index (χ4n) is 23.1. The lowest BCUT2D eigenvalue weighted by Gasteiger charge is -2.49. The van der Waals surface area contributed by atoms with Gasteiger partial charge in [-0.3, -0.25) is 47.2 Å². The van der Waals surface area contributed by atoms with Gasteiger partial charge in [0.05, 0.1) is 74.7 Å². The predicted octanol–water partition coefficient (Wildman–Crippen LogP) is 11.7. The van der Waals surface area contributed by atoms with E-state index in [1.54, 1.807) is 113 Å². The zero-order valence-electron chi connectivity index (χ0n) is 85.9. The van der Waals surface area contributed by atoms with Gasteiger partial charge in [0.2, 0.25) is 0 Å². The number of aliphatic hydroxyl groups excluding tert-OH is 3. The van der Waals surface area contributed by atoms with Crippen LogP contribution in [0, 0.1) is 16.2 Å². The van der Waals surface area contributed by atoms with Crippen molar-refractivity contribution in [2.45, 2.75) is 184 Å². The van der Waals surface area contributed by atoms with Crippen LogP contribution in [0.15, 0.2) is 207 Å². The molecule has 0 spiro atoms. The fourth-order valence-corrected chi connectivity index (χ4v) is 23.1. The van der Waals surface area contributed by atoms with Gasteiger partial charge < -0.3 is 83.4 Å². The van der Waals surface area contributed by atoms with E-state index in [2.05, 4.69) is 171 Å². The first kappa shape index (κ1) is 107. The summed E-state index contributed by atoms with van der Waals surface area (Å²) in [4.78, 5) is 121. The summed E-state index contributed by atoms with van der Waals surface area (Å²) in [6, 6.07) is 30.8. The van der Waals surface area contributed by atoms with Gasteiger partial charge in [-0.2, -0.15) is 63.8 Å². The number of anilines is 9. The molecule has 7 aliphatic rings. The van der Waals surface area contributed by atoms with Gasteiger partial charge in [-0.25, -0.2) is 29.9 Å². The van der Waals surface area contributed by atoms with Gasteiger partial charge in [-0.05, 0) is 228 Å². The van der Waals surface area contributed by atoms with Crippen molar-refractivity contribution in [2.75, 3.05) is 90.2 Å². The molecule has 0 bridgehead atoms. The molecule has 0 saturated carbocycles. The summed E-state index contributed by atoms with van der Waals surface area (Å²) in [5.74, 6) is 2.59. The maximum atomic E-state index is 13.8. The van der Waals surface area contributed by atoms with Crippen LogP contribution < -0.4 is 69.3 Å². The Kier molecular flexibility index (Phi) is 30.8. The zero-order valence-corrected chi connectivity index (χ0v) is 89.9. The first-order chi connectivity index (χ1) is 68.5. The van der Waals surface area contributed by atoms with Crippen LogP contribution in [0.25, 0.3) is 67.4 Å². The Morgan fingerprint density at radius 2 is 0.735 bits per heavy atom. The van der Waals surface area contributed by atoms with Crippen LogP contribution in [-0.2, 0) is 84.2 Å². The van der Waals surface area contributed by atoms with E-state index < -0.39 is 6.61 Å². The summed E-state index contributed by atoms with van der Waals surface area (Å²) < 4.78 is 20.0. The molecule has 19 heterocycles. The lowest BCUT2D eigenvalue weighted by molar-refractivity contribution is -0.0726. The number of nitrogens with one attached hydrogen (secondary N) is 4. The average molecular weight is 2070 g/mol. The maximum Gasteiger partial charge on any atom is 0.297 e. The molecule has 39 heteroatoms. The summed E-state index contributed by atoms with van der Waals surface area (Å²) in [6.07, 6.45) is 29.9. The third-order valence-corrected chi connectivity index (χ3v) is 29.6. The van der Waals surface area contributed by atoms with Gasteiger partial charge in [-0.15, -0.1) is 0 Å². The lowest BCUT2D eigenvalue weighted by atomic mass is 9.90. The number of ether oxygens (including phenoxy) is 1. The highest BCUT2D eigenvalue weighted by Crippen LogP contribution is 2.43.